The number of pyridine rings is 1. The minimum Gasteiger partial charge on any atom is -0.364 e. The second-order valence-electron chi connectivity index (χ2n) is 8.69. The number of fused-ring (bicyclic) bond motifs is 2. The first-order valence-electron chi connectivity index (χ1n) is 10.8. The van der Waals surface area contributed by atoms with Crippen LogP contribution < -0.4 is 10.5 Å². The number of hydrogen-bond acceptors (Lipinski definition) is 6. The van der Waals surface area contributed by atoms with E-state index in [-0.39, 0.29) is 29.2 Å². The summed E-state index contributed by atoms with van der Waals surface area (Å²) in [6, 6.07) is 8.31. The number of aromatic nitrogens is 5. The van der Waals surface area contributed by atoms with Crippen LogP contribution in [0.15, 0.2) is 41.5 Å². The Kier molecular flexibility index (Phi) is 4.93. The average molecular weight is 436 g/mol. The first kappa shape index (κ1) is 20.6. The molecule has 1 aromatic carbocycles. The van der Waals surface area contributed by atoms with Crippen LogP contribution in [-0.4, -0.2) is 54.8 Å². The van der Waals surface area contributed by atoms with Crippen molar-refractivity contribution < 1.29 is 4.39 Å². The van der Waals surface area contributed by atoms with Gasteiger partial charge in [0, 0.05) is 56.7 Å². The van der Waals surface area contributed by atoms with Crippen LogP contribution in [0.2, 0.25) is 0 Å². The lowest BCUT2D eigenvalue weighted by Crippen LogP contribution is -2.57. The van der Waals surface area contributed by atoms with E-state index in [1.54, 1.807) is 25.5 Å². The molecular formula is C23H26FN7O. The van der Waals surface area contributed by atoms with Crippen molar-refractivity contribution in [1.29, 1.82) is 0 Å². The van der Waals surface area contributed by atoms with Crippen LogP contribution in [0.4, 0.5) is 10.1 Å². The maximum Gasteiger partial charge on any atom is 0.253 e. The fourth-order valence-corrected chi connectivity index (χ4v) is 4.87. The Bertz CT molecular complexity index is 1360. The van der Waals surface area contributed by atoms with Gasteiger partial charge in [0.25, 0.3) is 5.56 Å². The number of anilines is 1. The standard InChI is InChI=1S/C23H26FN7O/c1-13-12-31(19-10-20(32)29(4)22-21(19)27-28-23(22)24)14(2)11-30(13)15(3)16-5-6-17-18(9-16)26-8-7-25-17/h5-10,13-15H,11-12H2,1-4H3,(H,27,28)/t13-,14+,15-/m1/s1. The highest BCUT2D eigenvalue weighted by Crippen LogP contribution is 2.33. The van der Waals surface area contributed by atoms with Gasteiger partial charge in [-0.15, -0.1) is 0 Å². The number of piperazine rings is 1. The normalized spacial score (nSPS) is 20.8. The second kappa shape index (κ2) is 7.67. The van der Waals surface area contributed by atoms with Crippen LogP contribution in [-0.2, 0) is 7.05 Å². The number of nitrogens with one attached hydrogen (secondary N) is 1. The number of halogens is 1. The number of H-pyrrole nitrogens is 1. The molecule has 0 bridgehead atoms. The van der Waals surface area contributed by atoms with Gasteiger partial charge in [-0.25, -0.2) is 0 Å². The first-order valence-corrected chi connectivity index (χ1v) is 10.8. The first-order chi connectivity index (χ1) is 15.3. The number of hydrogen-bond donors (Lipinski definition) is 1. The van der Waals surface area contributed by atoms with Crippen LogP contribution in [0.25, 0.3) is 22.1 Å². The molecule has 1 saturated heterocycles. The Balaban J connectivity index is 1.45. The Morgan fingerprint density at radius 2 is 1.84 bits per heavy atom. The van der Waals surface area contributed by atoms with Crippen molar-refractivity contribution in [2.75, 3.05) is 18.0 Å². The molecule has 1 aliphatic heterocycles. The average Bonchev–Trinajstić information content (AvgIpc) is 3.18. The third-order valence-electron chi connectivity index (χ3n) is 6.68. The van der Waals surface area contributed by atoms with Gasteiger partial charge < -0.3 is 9.47 Å². The van der Waals surface area contributed by atoms with Crippen LogP contribution in [0.3, 0.4) is 0 Å². The lowest BCUT2D eigenvalue weighted by molar-refractivity contribution is 0.119. The minimum absolute atomic E-state index is 0.115. The zero-order chi connectivity index (χ0) is 22.6. The molecule has 0 unspecified atom stereocenters. The van der Waals surface area contributed by atoms with E-state index in [9.17, 15) is 9.18 Å². The number of nitrogens with zero attached hydrogens (tertiary/aromatic N) is 6. The zero-order valence-corrected chi connectivity index (χ0v) is 18.6. The summed E-state index contributed by atoms with van der Waals surface area (Å²) in [5.74, 6) is -0.589. The molecule has 5 rings (SSSR count). The summed E-state index contributed by atoms with van der Waals surface area (Å²) in [7, 11) is 1.56. The molecule has 0 aliphatic carbocycles. The summed E-state index contributed by atoms with van der Waals surface area (Å²) < 4.78 is 15.6. The zero-order valence-electron chi connectivity index (χ0n) is 18.6. The van der Waals surface area contributed by atoms with Gasteiger partial charge in [0.15, 0.2) is 0 Å². The molecule has 4 heterocycles. The van der Waals surface area contributed by atoms with Gasteiger partial charge in [-0.2, -0.15) is 9.49 Å². The summed E-state index contributed by atoms with van der Waals surface area (Å²) in [5.41, 5.74) is 4.08. The van der Waals surface area contributed by atoms with Crippen LogP contribution in [0.1, 0.15) is 32.4 Å². The maximum absolute atomic E-state index is 14.3. The van der Waals surface area contributed by atoms with E-state index in [1.165, 1.54) is 10.1 Å². The highest BCUT2D eigenvalue weighted by molar-refractivity contribution is 5.88. The highest BCUT2D eigenvalue weighted by Gasteiger charge is 2.34. The van der Waals surface area contributed by atoms with E-state index >= 15 is 0 Å². The van der Waals surface area contributed by atoms with Crippen molar-refractivity contribution in [2.24, 2.45) is 7.05 Å². The Labute approximate surface area is 184 Å². The van der Waals surface area contributed by atoms with Crippen molar-refractivity contribution >= 4 is 27.8 Å². The predicted molar refractivity (Wildman–Crippen MR) is 122 cm³/mol. The van der Waals surface area contributed by atoms with Gasteiger partial charge in [-0.3, -0.25) is 24.8 Å². The molecule has 4 aromatic rings. The van der Waals surface area contributed by atoms with Crippen LogP contribution in [0.5, 0.6) is 0 Å². The number of benzene rings is 1. The van der Waals surface area contributed by atoms with Crippen molar-refractivity contribution in [3.63, 3.8) is 0 Å². The lowest BCUT2D eigenvalue weighted by Gasteiger charge is -2.47. The molecule has 1 fully saturated rings. The Morgan fingerprint density at radius 3 is 2.62 bits per heavy atom. The van der Waals surface area contributed by atoms with E-state index in [2.05, 4.69) is 62.9 Å². The Morgan fingerprint density at radius 1 is 1.09 bits per heavy atom. The minimum atomic E-state index is -0.589. The van der Waals surface area contributed by atoms with E-state index < -0.39 is 5.95 Å². The van der Waals surface area contributed by atoms with Gasteiger partial charge in [-0.1, -0.05) is 6.07 Å². The molecule has 3 aromatic heterocycles. The van der Waals surface area contributed by atoms with Crippen molar-refractivity contribution in [3.05, 3.63) is 58.5 Å². The second-order valence-corrected chi connectivity index (χ2v) is 8.69. The van der Waals surface area contributed by atoms with E-state index in [4.69, 9.17) is 0 Å². The molecule has 1 aliphatic rings. The summed E-state index contributed by atoms with van der Waals surface area (Å²) in [5, 5.41) is 6.55. The van der Waals surface area contributed by atoms with E-state index in [0.29, 0.717) is 17.7 Å². The number of rotatable bonds is 3. The SMILES string of the molecule is C[C@@H]1CN(c2cc(=O)n(C)c3c(F)[nH]nc23)[C@@H](C)CN1[C@H](C)c1ccc2nccnc2c1. The van der Waals surface area contributed by atoms with Gasteiger partial charge in [0.05, 0.1) is 16.7 Å². The molecule has 0 spiro atoms. The van der Waals surface area contributed by atoms with Crippen LogP contribution >= 0.6 is 0 Å². The maximum atomic E-state index is 14.3. The van der Waals surface area contributed by atoms with E-state index in [0.717, 1.165) is 17.6 Å². The number of aromatic amines is 1. The van der Waals surface area contributed by atoms with Gasteiger partial charge in [0.2, 0.25) is 5.95 Å². The van der Waals surface area contributed by atoms with Gasteiger partial charge >= 0.3 is 0 Å². The monoisotopic (exact) mass is 435 g/mol. The molecule has 0 radical (unpaired) electrons. The van der Waals surface area contributed by atoms with Crippen molar-refractivity contribution in [1.82, 2.24) is 29.6 Å². The molecule has 9 heteroatoms. The fourth-order valence-electron chi connectivity index (χ4n) is 4.87. The summed E-state index contributed by atoms with van der Waals surface area (Å²) in [6.07, 6.45) is 3.41. The number of aryl methyl sites for hydroxylation is 1. The summed E-state index contributed by atoms with van der Waals surface area (Å²) in [6.45, 7) is 8.01. The molecule has 0 saturated carbocycles. The highest BCUT2D eigenvalue weighted by atomic mass is 19.1. The van der Waals surface area contributed by atoms with Crippen LogP contribution in [0, 0.1) is 5.95 Å². The molecule has 3 atom stereocenters. The molecule has 8 nitrogen and oxygen atoms in total. The third kappa shape index (κ3) is 3.24. The van der Waals surface area contributed by atoms with E-state index in [1.807, 2.05) is 6.07 Å². The summed E-state index contributed by atoms with van der Waals surface area (Å²) >= 11 is 0. The predicted octanol–water partition coefficient (Wildman–Crippen LogP) is 3.00. The molecule has 32 heavy (non-hydrogen) atoms. The van der Waals surface area contributed by atoms with Gasteiger partial charge in [-0.05, 0) is 38.5 Å². The quantitative estimate of drug-likeness (QED) is 0.533. The molecule has 0 amide bonds. The Hall–Kier alpha value is -3.33. The van der Waals surface area contributed by atoms with Gasteiger partial charge in [0.1, 0.15) is 11.0 Å². The van der Waals surface area contributed by atoms with Crippen molar-refractivity contribution in [3.8, 4) is 0 Å². The lowest BCUT2D eigenvalue weighted by atomic mass is 10.00. The summed E-state index contributed by atoms with van der Waals surface area (Å²) in [4.78, 5) is 25.9. The largest absolute Gasteiger partial charge is 0.364 e. The molecular weight excluding hydrogens is 409 g/mol. The van der Waals surface area contributed by atoms with Crippen molar-refractivity contribution in [2.45, 2.75) is 38.9 Å². The molecule has 1 N–H and O–H groups in total. The molecule has 166 valence electrons. The fraction of sp³-hybridized carbons (Fsp3) is 0.391. The topological polar surface area (TPSA) is 82.9 Å². The smallest absolute Gasteiger partial charge is 0.253 e. The third-order valence-corrected chi connectivity index (χ3v) is 6.68.